The fourth-order valence-electron chi connectivity index (χ4n) is 4.16. The summed E-state index contributed by atoms with van der Waals surface area (Å²) in [5, 5.41) is 9.90. The molecule has 1 atom stereocenters. The van der Waals surface area contributed by atoms with Crippen LogP contribution in [0.3, 0.4) is 0 Å². The van der Waals surface area contributed by atoms with Crippen molar-refractivity contribution in [1.82, 2.24) is 0 Å². The number of nitriles is 1. The van der Waals surface area contributed by atoms with Gasteiger partial charge in [0.1, 0.15) is 24.0 Å². The Morgan fingerprint density at radius 1 is 1.11 bits per heavy atom. The Bertz CT molecular complexity index is 1220. The van der Waals surface area contributed by atoms with Crippen LogP contribution < -0.4 is 19.9 Å². The SMILES string of the molecule is CCOC(=O)C1=C(C)OC(N)=C(C#N)C1c1cc(COc2c(OC)cccc2OC)c(C)cc1C. The Hall–Kier alpha value is -4.12. The molecule has 1 aliphatic heterocycles. The number of aryl methyl sites for hydroxylation is 2. The first-order valence-electron chi connectivity index (χ1n) is 11.2. The molecular weight excluding hydrogens is 448 g/mol. The standard InChI is InChI=1S/C27H30N2O6/c1-7-33-27(30)23-17(4)35-26(29)20(13-28)24(23)19-12-18(15(2)11-16(19)3)14-34-25-21(31-5)9-8-10-22(25)32-6/h8-12,24H,7,14,29H2,1-6H3. The highest BCUT2D eigenvalue weighted by atomic mass is 16.5. The number of methoxy groups -OCH3 is 2. The van der Waals surface area contributed by atoms with E-state index in [4.69, 9.17) is 29.4 Å². The number of esters is 1. The molecule has 8 nitrogen and oxygen atoms in total. The molecule has 0 bridgehead atoms. The number of hydrogen-bond donors (Lipinski definition) is 1. The largest absolute Gasteiger partial charge is 0.493 e. The molecule has 184 valence electrons. The molecule has 2 N–H and O–H groups in total. The summed E-state index contributed by atoms with van der Waals surface area (Å²) in [5.74, 6) is 0.574. The Labute approximate surface area is 205 Å². The van der Waals surface area contributed by atoms with E-state index in [1.165, 1.54) is 0 Å². The third-order valence-corrected chi connectivity index (χ3v) is 5.89. The zero-order chi connectivity index (χ0) is 25.7. The van der Waals surface area contributed by atoms with Gasteiger partial charge in [0.2, 0.25) is 11.6 Å². The summed E-state index contributed by atoms with van der Waals surface area (Å²) < 4.78 is 27.8. The van der Waals surface area contributed by atoms with E-state index in [-0.39, 0.29) is 30.2 Å². The molecule has 0 saturated carbocycles. The predicted molar refractivity (Wildman–Crippen MR) is 130 cm³/mol. The second-order valence-electron chi connectivity index (χ2n) is 8.03. The smallest absolute Gasteiger partial charge is 0.338 e. The van der Waals surface area contributed by atoms with Gasteiger partial charge in [-0.3, -0.25) is 0 Å². The Balaban J connectivity index is 2.09. The first kappa shape index (κ1) is 25.5. The van der Waals surface area contributed by atoms with Crippen LogP contribution in [-0.4, -0.2) is 26.8 Å². The third-order valence-electron chi connectivity index (χ3n) is 5.89. The second kappa shape index (κ2) is 10.9. The summed E-state index contributed by atoms with van der Waals surface area (Å²) in [5.41, 5.74) is 9.95. The van der Waals surface area contributed by atoms with E-state index >= 15 is 0 Å². The summed E-state index contributed by atoms with van der Waals surface area (Å²) in [4.78, 5) is 12.9. The summed E-state index contributed by atoms with van der Waals surface area (Å²) in [6, 6.07) is 11.4. The molecule has 3 rings (SSSR count). The molecule has 0 aliphatic carbocycles. The molecule has 1 aliphatic rings. The minimum Gasteiger partial charge on any atom is -0.493 e. The molecule has 1 heterocycles. The van der Waals surface area contributed by atoms with Crippen LogP contribution in [0.4, 0.5) is 0 Å². The van der Waals surface area contributed by atoms with Crippen molar-refractivity contribution in [1.29, 1.82) is 5.26 Å². The van der Waals surface area contributed by atoms with Crippen molar-refractivity contribution in [2.45, 2.75) is 40.2 Å². The molecule has 0 saturated heterocycles. The maximum absolute atomic E-state index is 12.9. The van der Waals surface area contributed by atoms with Crippen LogP contribution in [0.5, 0.6) is 17.2 Å². The lowest BCUT2D eigenvalue weighted by atomic mass is 9.80. The van der Waals surface area contributed by atoms with E-state index in [2.05, 4.69) is 6.07 Å². The van der Waals surface area contributed by atoms with E-state index in [1.807, 2.05) is 32.0 Å². The molecule has 0 aromatic heterocycles. The third kappa shape index (κ3) is 5.04. The van der Waals surface area contributed by atoms with Crippen LogP contribution in [0.1, 0.15) is 42.0 Å². The van der Waals surface area contributed by atoms with Gasteiger partial charge in [-0.25, -0.2) is 4.79 Å². The Morgan fingerprint density at radius 2 is 1.77 bits per heavy atom. The van der Waals surface area contributed by atoms with Gasteiger partial charge >= 0.3 is 5.97 Å². The molecule has 35 heavy (non-hydrogen) atoms. The van der Waals surface area contributed by atoms with Crippen LogP contribution in [0.15, 0.2) is 53.1 Å². The minimum absolute atomic E-state index is 0.0282. The molecule has 1 unspecified atom stereocenters. The van der Waals surface area contributed by atoms with Crippen LogP contribution >= 0.6 is 0 Å². The first-order chi connectivity index (χ1) is 16.8. The van der Waals surface area contributed by atoms with Gasteiger partial charge in [-0.15, -0.1) is 0 Å². The summed E-state index contributed by atoms with van der Waals surface area (Å²) in [6.45, 7) is 7.66. The highest BCUT2D eigenvalue weighted by molar-refractivity contribution is 5.92. The topological polar surface area (TPSA) is 113 Å². The van der Waals surface area contributed by atoms with Gasteiger partial charge in [0.05, 0.1) is 32.3 Å². The minimum atomic E-state index is -0.729. The number of benzene rings is 2. The number of nitrogens with zero attached hydrogens (tertiary/aromatic N) is 1. The Morgan fingerprint density at radius 3 is 2.34 bits per heavy atom. The average molecular weight is 479 g/mol. The number of carbonyl (C=O) groups is 1. The molecule has 2 aromatic rings. The number of allylic oxidation sites excluding steroid dienone is 2. The van der Waals surface area contributed by atoms with E-state index in [1.54, 1.807) is 40.2 Å². The molecule has 2 aromatic carbocycles. The fraction of sp³-hybridized carbons (Fsp3) is 0.333. The molecular formula is C27H30N2O6. The average Bonchev–Trinajstić information content (AvgIpc) is 2.83. The van der Waals surface area contributed by atoms with Crippen LogP contribution in [-0.2, 0) is 20.9 Å². The van der Waals surface area contributed by atoms with Gasteiger partial charge in [0.15, 0.2) is 11.5 Å². The maximum atomic E-state index is 12.9. The normalized spacial score (nSPS) is 15.3. The van der Waals surface area contributed by atoms with Crippen molar-refractivity contribution in [2.75, 3.05) is 20.8 Å². The maximum Gasteiger partial charge on any atom is 0.338 e. The highest BCUT2D eigenvalue weighted by Crippen LogP contribution is 2.42. The number of hydrogen-bond acceptors (Lipinski definition) is 8. The molecule has 0 fully saturated rings. The van der Waals surface area contributed by atoms with Gasteiger partial charge in [-0.2, -0.15) is 5.26 Å². The van der Waals surface area contributed by atoms with Crippen LogP contribution in [0, 0.1) is 25.2 Å². The number of ether oxygens (including phenoxy) is 5. The summed E-state index contributed by atoms with van der Waals surface area (Å²) in [6.07, 6.45) is 0. The van der Waals surface area contributed by atoms with E-state index in [0.29, 0.717) is 23.0 Å². The quantitative estimate of drug-likeness (QED) is 0.550. The van der Waals surface area contributed by atoms with Crippen molar-refractivity contribution in [3.8, 4) is 23.3 Å². The number of para-hydroxylation sites is 1. The van der Waals surface area contributed by atoms with Crippen molar-refractivity contribution >= 4 is 5.97 Å². The van der Waals surface area contributed by atoms with E-state index < -0.39 is 11.9 Å². The van der Waals surface area contributed by atoms with Gasteiger partial charge in [-0.05, 0) is 62.1 Å². The van der Waals surface area contributed by atoms with E-state index in [9.17, 15) is 10.1 Å². The molecule has 8 heteroatoms. The van der Waals surface area contributed by atoms with Crippen molar-refractivity contribution < 1.29 is 28.5 Å². The monoisotopic (exact) mass is 478 g/mol. The first-order valence-corrected chi connectivity index (χ1v) is 11.2. The molecule has 0 spiro atoms. The van der Waals surface area contributed by atoms with Crippen LogP contribution in [0.25, 0.3) is 0 Å². The van der Waals surface area contributed by atoms with Gasteiger partial charge in [-0.1, -0.05) is 18.2 Å². The number of nitrogens with two attached hydrogens (primary N) is 1. The lowest BCUT2D eigenvalue weighted by Gasteiger charge is -2.28. The van der Waals surface area contributed by atoms with Crippen molar-refractivity contribution in [3.63, 3.8) is 0 Å². The number of carbonyl (C=O) groups excluding carboxylic acids is 1. The van der Waals surface area contributed by atoms with E-state index in [0.717, 1.165) is 22.3 Å². The predicted octanol–water partition coefficient (Wildman–Crippen LogP) is 4.54. The lowest BCUT2D eigenvalue weighted by Crippen LogP contribution is -2.26. The van der Waals surface area contributed by atoms with Crippen molar-refractivity contribution in [2.24, 2.45) is 5.73 Å². The molecule has 0 radical (unpaired) electrons. The summed E-state index contributed by atoms with van der Waals surface area (Å²) >= 11 is 0. The van der Waals surface area contributed by atoms with Gasteiger partial charge < -0.3 is 29.4 Å². The lowest BCUT2D eigenvalue weighted by molar-refractivity contribution is -0.139. The fourth-order valence-corrected chi connectivity index (χ4v) is 4.16. The number of rotatable bonds is 8. The van der Waals surface area contributed by atoms with Crippen LogP contribution in [0.2, 0.25) is 0 Å². The van der Waals surface area contributed by atoms with Gasteiger partial charge in [0.25, 0.3) is 0 Å². The van der Waals surface area contributed by atoms with Crippen molar-refractivity contribution in [3.05, 3.63) is 75.4 Å². The second-order valence-corrected chi connectivity index (χ2v) is 8.03. The highest BCUT2D eigenvalue weighted by Gasteiger charge is 2.37. The van der Waals surface area contributed by atoms with Gasteiger partial charge in [0, 0.05) is 0 Å². The summed E-state index contributed by atoms with van der Waals surface area (Å²) in [7, 11) is 3.13. The molecule has 0 amide bonds. The zero-order valence-electron chi connectivity index (χ0n) is 20.9. The Kier molecular flexibility index (Phi) is 7.92. The zero-order valence-corrected chi connectivity index (χ0v) is 20.9.